The number of unbranched alkanes of at least 4 members (excludes halogenated alkanes) is 1. The van der Waals surface area contributed by atoms with E-state index in [1.807, 2.05) is 12.1 Å². The van der Waals surface area contributed by atoms with Gasteiger partial charge >= 0.3 is 0 Å². The molecule has 0 saturated carbocycles. The van der Waals surface area contributed by atoms with Gasteiger partial charge in [-0.25, -0.2) is 9.37 Å². The molecule has 0 aliphatic rings. The first-order valence-corrected chi connectivity index (χ1v) is 6.82. The van der Waals surface area contributed by atoms with E-state index < -0.39 is 11.7 Å². The Balaban J connectivity index is 2.09. The minimum absolute atomic E-state index is 0.00904. The maximum atomic E-state index is 13.7. The lowest BCUT2D eigenvalue weighted by atomic mass is 10.1. The van der Waals surface area contributed by atoms with Gasteiger partial charge in [0, 0.05) is 6.20 Å². The van der Waals surface area contributed by atoms with Gasteiger partial charge in [0.1, 0.15) is 5.75 Å². The number of ether oxygens (including phenoxy) is 1. The Morgan fingerprint density at radius 3 is 2.62 bits per heavy atom. The molecule has 21 heavy (non-hydrogen) atoms. The molecule has 1 aromatic carbocycles. The third-order valence-electron chi connectivity index (χ3n) is 3.05. The van der Waals surface area contributed by atoms with E-state index in [0.29, 0.717) is 5.75 Å². The second kappa shape index (κ2) is 6.83. The van der Waals surface area contributed by atoms with Crippen molar-refractivity contribution in [3.05, 3.63) is 53.5 Å². The Bertz CT molecular complexity index is 627. The summed E-state index contributed by atoms with van der Waals surface area (Å²) in [5.41, 5.74) is 6.27. The summed E-state index contributed by atoms with van der Waals surface area (Å²) in [6.07, 6.45) is 4.47. The molecule has 2 N–H and O–H groups in total. The fourth-order valence-corrected chi connectivity index (χ4v) is 1.85. The molecule has 0 unspecified atom stereocenters. The van der Waals surface area contributed by atoms with Gasteiger partial charge in [0.25, 0.3) is 5.88 Å². The van der Waals surface area contributed by atoms with Gasteiger partial charge in [0.05, 0.1) is 5.56 Å². The van der Waals surface area contributed by atoms with E-state index in [9.17, 15) is 9.18 Å². The molecule has 0 bridgehead atoms. The smallest absolute Gasteiger partial charge is 0.255 e. The van der Waals surface area contributed by atoms with E-state index in [1.54, 1.807) is 12.1 Å². The van der Waals surface area contributed by atoms with Crippen LogP contribution in [0, 0.1) is 5.82 Å². The third kappa shape index (κ3) is 4.02. The maximum Gasteiger partial charge on any atom is 0.255 e. The summed E-state index contributed by atoms with van der Waals surface area (Å²) in [7, 11) is 0. The topological polar surface area (TPSA) is 65.2 Å². The largest absolute Gasteiger partial charge is 0.436 e. The van der Waals surface area contributed by atoms with E-state index in [0.717, 1.165) is 25.3 Å². The number of halogens is 1. The molecule has 2 rings (SSSR count). The molecule has 0 aliphatic carbocycles. The second-order valence-electron chi connectivity index (χ2n) is 4.72. The van der Waals surface area contributed by atoms with Gasteiger partial charge in [-0.05, 0) is 36.6 Å². The van der Waals surface area contributed by atoms with Crippen LogP contribution in [0.4, 0.5) is 4.39 Å². The molecule has 0 atom stereocenters. The molecule has 2 aromatic rings. The molecule has 5 heteroatoms. The van der Waals surface area contributed by atoms with E-state index in [4.69, 9.17) is 10.5 Å². The number of primary amides is 1. The van der Waals surface area contributed by atoms with Crippen LogP contribution in [-0.4, -0.2) is 10.9 Å². The Morgan fingerprint density at radius 1 is 1.33 bits per heavy atom. The summed E-state index contributed by atoms with van der Waals surface area (Å²) in [6.45, 7) is 2.14. The average molecular weight is 288 g/mol. The van der Waals surface area contributed by atoms with Gasteiger partial charge in [-0.2, -0.15) is 0 Å². The van der Waals surface area contributed by atoms with Gasteiger partial charge < -0.3 is 10.5 Å². The van der Waals surface area contributed by atoms with Gasteiger partial charge in [-0.15, -0.1) is 0 Å². The predicted molar refractivity (Wildman–Crippen MR) is 77.8 cm³/mol. The van der Waals surface area contributed by atoms with E-state index >= 15 is 0 Å². The van der Waals surface area contributed by atoms with E-state index in [-0.39, 0.29) is 11.4 Å². The highest BCUT2D eigenvalue weighted by molar-refractivity contribution is 5.92. The summed E-state index contributed by atoms with van der Waals surface area (Å²) in [5, 5.41) is 0. The number of aromatic nitrogens is 1. The minimum Gasteiger partial charge on any atom is -0.436 e. The molecule has 1 aromatic heterocycles. The summed E-state index contributed by atoms with van der Waals surface area (Å²) < 4.78 is 19.1. The molecule has 0 spiro atoms. The number of carbonyl (C=O) groups excluding carboxylic acids is 1. The quantitative estimate of drug-likeness (QED) is 0.885. The fourth-order valence-electron chi connectivity index (χ4n) is 1.85. The number of hydrogen-bond acceptors (Lipinski definition) is 3. The van der Waals surface area contributed by atoms with E-state index in [1.165, 1.54) is 11.8 Å². The standard InChI is InChI=1S/C16H17FN2O2/c1-2-3-4-11-5-7-13(8-6-11)21-16-14(17)9-12(10-19-16)15(18)20/h5-10H,2-4H2,1H3,(H2,18,20). The number of amides is 1. The molecule has 0 fully saturated rings. The SMILES string of the molecule is CCCCc1ccc(Oc2ncc(C(N)=O)cc2F)cc1. The minimum atomic E-state index is -0.728. The number of pyridine rings is 1. The van der Waals surface area contributed by atoms with Crippen LogP contribution in [0.3, 0.4) is 0 Å². The Hall–Kier alpha value is -2.43. The predicted octanol–water partition coefficient (Wildman–Crippen LogP) is 3.45. The van der Waals surface area contributed by atoms with Crippen molar-refractivity contribution in [3.63, 3.8) is 0 Å². The molecule has 1 amide bonds. The average Bonchev–Trinajstić information content (AvgIpc) is 2.48. The monoisotopic (exact) mass is 288 g/mol. The Morgan fingerprint density at radius 2 is 2.05 bits per heavy atom. The van der Waals surface area contributed by atoms with Crippen LogP contribution >= 0.6 is 0 Å². The van der Waals surface area contributed by atoms with Crippen molar-refractivity contribution in [2.24, 2.45) is 5.73 Å². The van der Waals surface area contributed by atoms with Crippen molar-refractivity contribution in [1.29, 1.82) is 0 Å². The molecule has 4 nitrogen and oxygen atoms in total. The lowest BCUT2D eigenvalue weighted by molar-refractivity contribution is 0.0999. The van der Waals surface area contributed by atoms with Crippen molar-refractivity contribution < 1.29 is 13.9 Å². The summed E-state index contributed by atoms with van der Waals surface area (Å²) >= 11 is 0. The van der Waals surface area contributed by atoms with Crippen molar-refractivity contribution in [1.82, 2.24) is 4.98 Å². The van der Waals surface area contributed by atoms with Crippen molar-refractivity contribution in [3.8, 4) is 11.6 Å². The number of carbonyl (C=O) groups is 1. The number of nitrogens with zero attached hydrogens (tertiary/aromatic N) is 1. The third-order valence-corrected chi connectivity index (χ3v) is 3.05. The van der Waals surface area contributed by atoms with Crippen molar-refractivity contribution in [2.75, 3.05) is 0 Å². The van der Waals surface area contributed by atoms with E-state index in [2.05, 4.69) is 11.9 Å². The first kappa shape index (κ1) is 15.0. The zero-order valence-electron chi connectivity index (χ0n) is 11.8. The van der Waals surface area contributed by atoms with Gasteiger partial charge in [0.15, 0.2) is 5.82 Å². The molecule has 0 saturated heterocycles. The Kier molecular flexibility index (Phi) is 4.87. The normalized spacial score (nSPS) is 10.4. The zero-order chi connectivity index (χ0) is 15.2. The molecular weight excluding hydrogens is 271 g/mol. The van der Waals surface area contributed by atoms with Crippen LogP contribution in [0.5, 0.6) is 11.6 Å². The lowest BCUT2D eigenvalue weighted by Crippen LogP contribution is -2.11. The number of rotatable bonds is 6. The first-order valence-electron chi connectivity index (χ1n) is 6.82. The van der Waals surface area contributed by atoms with Crippen LogP contribution in [0.15, 0.2) is 36.5 Å². The van der Waals surface area contributed by atoms with Crippen LogP contribution in [-0.2, 0) is 6.42 Å². The first-order chi connectivity index (χ1) is 10.1. The molecule has 0 aliphatic heterocycles. The number of nitrogens with two attached hydrogens (primary N) is 1. The molecule has 1 heterocycles. The molecular formula is C16H17FN2O2. The van der Waals surface area contributed by atoms with Crippen molar-refractivity contribution >= 4 is 5.91 Å². The van der Waals surface area contributed by atoms with Crippen LogP contribution in [0.25, 0.3) is 0 Å². The summed E-state index contributed by atoms with van der Waals surface area (Å²) in [4.78, 5) is 14.7. The highest BCUT2D eigenvalue weighted by Crippen LogP contribution is 2.23. The number of hydrogen-bond donors (Lipinski definition) is 1. The van der Waals surface area contributed by atoms with Gasteiger partial charge in [-0.1, -0.05) is 25.5 Å². The second-order valence-corrected chi connectivity index (χ2v) is 4.72. The summed E-state index contributed by atoms with van der Waals surface area (Å²) in [6, 6.07) is 8.45. The maximum absolute atomic E-state index is 13.7. The lowest BCUT2D eigenvalue weighted by Gasteiger charge is -2.07. The molecule has 110 valence electrons. The van der Waals surface area contributed by atoms with Crippen LogP contribution in [0.2, 0.25) is 0 Å². The number of aryl methyl sites for hydroxylation is 1. The summed E-state index contributed by atoms with van der Waals surface area (Å²) in [5.74, 6) is -1.13. The van der Waals surface area contributed by atoms with Crippen molar-refractivity contribution in [2.45, 2.75) is 26.2 Å². The Labute approximate surface area is 122 Å². The highest BCUT2D eigenvalue weighted by Gasteiger charge is 2.10. The van der Waals surface area contributed by atoms with Gasteiger partial charge in [0.2, 0.25) is 5.91 Å². The highest BCUT2D eigenvalue weighted by atomic mass is 19.1. The molecule has 0 radical (unpaired) electrons. The number of benzene rings is 1. The fraction of sp³-hybridized carbons (Fsp3) is 0.250. The zero-order valence-corrected chi connectivity index (χ0v) is 11.8. The van der Waals surface area contributed by atoms with Crippen LogP contribution < -0.4 is 10.5 Å². The van der Waals surface area contributed by atoms with Crippen LogP contribution in [0.1, 0.15) is 35.7 Å². The van der Waals surface area contributed by atoms with Gasteiger partial charge in [-0.3, -0.25) is 4.79 Å².